The Labute approximate surface area is 136 Å². The Balaban J connectivity index is 2.67. The topological polar surface area (TPSA) is 84.5 Å². The Morgan fingerprint density at radius 2 is 1.78 bits per heavy atom. The molecule has 0 saturated carbocycles. The number of ether oxygens (including phenoxy) is 2. The number of rotatable bonds is 8. The average molecular weight is 324 g/mol. The van der Waals surface area contributed by atoms with Crippen molar-refractivity contribution < 1.29 is 24.4 Å². The van der Waals surface area contributed by atoms with Gasteiger partial charge in [0.1, 0.15) is 0 Å². The molecule has 0 radical (unpaired) electrons. The molecule has 7 heteroatoms. The van der Waals surface area contributed by atoms with Gasteiger partial charge < -0.3 is 25.0 Å². The number of nitrogens with two attached hydrogens (primary N) is 1. The van der Waals surface area contributed by atoms with Crippen LogP contribution in [0.3, 0.4) is 0 Å². The second-order valence-corrected chi connectivity index (χ2v) is 5.25. The highest BCUT2D eigenvalue weighted by molar-refractivity contribution is 5.78. The van der Waals surface area contributed by atoms with Crippen molar-refractivity contribution in [1.82, 2.24) is 10.2 Å². The number of quaternary nitrogens is 1. The minimum absolute atomic E-state index is 0.0388. The Hall–Kier alpha value is -2.28. The van der Waals surface area contributed by atoms with Crippen LogP contribution in [0, 0.1) is 6.92 Å². The molecule has 0 bridgehead atoms. The van der Waals surface area contributed by atoms with Gasteiger partial charge in [-0.1, -0.05) is 0 Å². The van der Waals surface area contributed by atoms with Crippen molar-refractivity contribution in [3.8, 4) is 11.5 Å². The molecule has 0 heterocycles. The van der Waals surface area contributed by atoms with E-state index in [9.17, 15) is 9.59 Å². The third kappa shape index (κ3) is 5.45. The van der Waals surface area contributed by atoms with Crippen LogP contribution in [0.2, 0.25) is 0 Å². The van der Waals surface area contributed by atoms with Gasteiger partial charge in [-0.05, 0) is 30.2 Å². The molecular weight excluding hydrogens is 298 g/mol. The molecule has 7 nitrogen and oxygen atoms in total. The van der Waals surface area contributed by atoms with Gasteiger partial charge in [0, 0.05) is 20.6 Å². The molecule has 3 N–H and O–H groups in total. The Kier molecular flexibility index (Phi) is 7.34. The highest BCUT2D eigenvalue weighted by Gasteiger charge is 2.15. The molecule has 1 aromatic carbocycles. The zero-order valence-electron chi connectivity index (χ0n) is 14.4. The van der Waals surface area contributed by atoms with E-state index in [0.717, 1.165) is 11.1 Å². The number of aryl methyl sites for hydroxylation is 1. The molecule has 1 rings (SSSR count). The predicted molar refractivity (Wildman–Crippen MR) is 86.5 cm³/mol. The van der Waals surface area contributed by atoms with Crippen molar-refractivity contribution >= 4 is 11.8 Å². The third-order valence-electron chi connectivity index (χ3n) is 3.60. The van der Waals surface area contributed by atoms with E-state index >= 15 is 0 Å². The first-order valence-corrected chi connectivity index (χ1v) is 7.40. The smallest absolute Gasteiger partial charge is 0.277 e. The average Bonchev–Trinajstić information content (AvgIpc) is 2.55. The summed E-state index contributed by atoms with van der Waals surface area (Å²) < 4.78 is 10.6. The van der Waals surface area contributed by atoms with Gasteiger partial charge in [-0.15, -0.1) is 0 Å². The molecule has 0 aliphatic rings. The van der Waals surface area contributed by atoms with Crippen molar-refractivity contribution in [2.75, 3.05) is 41.4 Å². The van der Waals surface area contributed by atoms with Crippen molar-refractivity contribution in [3.63, 3.8) is 0 Å². The summed E-state index contributed by atoms with van der Waals surface area (Å²) in [6.07, 6.45) is 0. The van der Waals surface area contributed by atoms with Crippen LogP contribution in [0.25, 0.3) is 0 Å². The Morgan fingerprint density at radius 3 is 2.35 bits per heavy atom. The first-order valence-electron chi connectivity index (χ1n) is 7.40. The van der Waals surface area contributed by atoms with Gasteiger partial charge in [0.15, 0.2) is 24.6 Å². The molecule has 0 aromatic heterocycles. The molecule has 128 valence electrons. The maximum Gasteiger partial charge on any atom is 0.277 e. The maximum absolute atomic E-state index is 12.1. The number of hydrogen-bond acceptors (Lipinski definition) is 4. The molecule has 0 spiro atoms. The van der Waals surface area contributed by atoms with Crippen molar-refractivity contribution in [2.45, 2.75) is 13.5 Å². The van der Waals surface area contributed by atoms with Gasteiger partial charge in [-0.3, -0.25) is 9.59 Å². The standard InChI is InChI=1S/C16H25N3O4/c1-11-6-13(22-4)14(23-5)7-12(11)10-19(3)16(21)9-18-8-15(20)17-2/h6-7,18H,8-10H2,1-5H3,(H,17,20)/p+1. The highest BCUT2D eigenvalue weighted by atomic mass is 16.5. The van der Waals surface area contributed by atoms with Crippen LogP contribution < -0.4 is 20.1 Å². The fourth-order valence-electron chi connectivity index (χ4n) is 2.12. The van der Waals surface area contributed by atoms with Crippen LogP contribution in [0.15, 0.2) is 12.1 Å². The van der Waals surface area contributed by atoms with E-state index < -0.39 is 0 Å². The predicted octanol–water partition coefficient (Wildman–Crippen LogP) is -0.720. The van der Waals surface area contributed by atoms with E-state index in [0.29, 0.717) is 18.0 Å². The number of carbonyl (C=O) groups excluding carboxylic acids is 2. The number of methoxy groups -OCH3 is 2. The first kappa shape index (κ1) is 18.8. The number of carbonyl (C=O) groups is 2. The number of nitrogens with one attached hydrogen (secondary N) is 1. The molecule has 0 saturated heterocycles. The molecular formula is C16H26N3O4+. The van der Waals surface area contributed by atoms with Crippen LogP contribution in [-0.2, 0) is 16.1 Å². The lowest BCUT2D eigenvalue weighted by atomic mass is 10.1. The van der Waals surface area contributed by atoms with E-state index in [1.54, 1.807) is 38.5 Å². The Bertz CT molecular complexity index is 561. The van der Waals surface area contributed by atoms with Gasteiger partial charge in [0.05, 0.1) is 14.2 Å². The molecule has 0 fully saturated rings. The van der Waals surface area contributed by atoms with Crippen LogP contribution in [-0.4, -0.2) is 58.1 Å². The third-order valence-corrected chi connectivity index (χ3v) is 3.60. The van der Waals surface area contributed by atoms with E-state index in [1.165, 1.54) is 0 Å². The summed E-state index contributed by atoms with van der Waals surface area (Å²) in [6.45, 7) is 2.91. The minimum Gasteiger partial charge on any atom is -0.493 e. The van der Waals surface area contributed by atoms with Gasteiger partial charge in [0.2, 0.25) is 0 Å². The monoisotopic (exact) mass is 324 g/mol. The molecule has 1 aromatic rings. The molecule has 23 heavy (non-hydrogen) atoms. The largest absolute Gasteiger partial charge is 0.493 e. The first-order chi connectivity index (χ1) is 10.9. The number of likely N-dealkylation sites (N-methyl/N-ethyl adjacent to an activating group) is 2. The zero-order valence-corrected chi connectivity index (χ0v) is 14.4. The lowest BCUT2D eigenvalue weighted by Gasteiger charge is -2.19. The lowest BCUT2D eigenvalue weighted by molar-refractivity contribution is -0.633. The van der Waals surface area contributed by atoms with Crippen LogP contribution >= 0.6 is 0 Å². The van der Waals surface area contributed by atoms with Gasteiger partial charge >= 0.3 is 0 Å². The second kappa shape index (κ2) is 8.99. The van der Waals surface area contributed by atoms with Crippen molar-refractivity contribution in [1.29, 1.82) is 0 Å². The van der Waals surface area contributed by atoms with E-state index in [-0.39, 0.29) is 24.9 Å². The summed E-state index contributed by atoms with van der Waals surface area (Å²) >= 11 is 0. The van der Waals surface area contributed by atoms with Crippen LogP contribution in [0.4, 0.5) is 0 Å². The molecule has 0 unspecified atom stereocenters. The normalized spacial score (nSPS) is 10.1. The number of hydrogen-bond donors (Lipinski definition) is 2. The quantitative estimate of drug-likeness (QED) is 0.661. The van der Waals surface area contributed by atoms with E-state index in [2.05, 4.69) is 5.32 Å². The van der Waals surface area contributed by atoms with Crippen molar-refractivity contribution in [2.24, 2.45) is 0 Å². The Morgan fingerprint density at radius 1 is 1.17 bits per heavy atom. The van der Waals surface area contributed by atoms with Crippen molar-refractivity contribution in [3.05, 3.63) is 23.3 Å². The number of amides is 2. The van der Waals surface area contributed by atoms with Gasteiger partial charge in [-0.25, -0.2) is 0 Å². The molecule has 0 atom stereocenters. The van der Waals surface area contributed by atoms with Crippen LogP contribution in [0.1, 0.15) is 11.1 Å². The maximum atomic E-state index is 12.1. The highest BCUT2D eigenvalue weighted by Crippen LogP contribution is 2.30. The fraction of sp³-hybridized carbons (Fsp3) is 0.500. The molecule has 0 aliphatic carbocycles. The van der Waals surface area contributed by atoms with Crippen LogP contribution in [0.5, 0.6) is 11.5 Å². The lowest BCUT2D eigenvalue weighted by Crippen LogP contribution is -2.88. The summed E-state index contributed by atoms with van der Waals surface area (Å²) in [7, 11) is 6.49. The summed E-state index contributed by atoms with van der Waals surface area (Å²) in [5.41, 5.74) is 2.02. The number of benzene rings is 1. The zero-order chi connectivity index (χ0) is 17.4. The summed E-state index contributed by atoms with van der Waals surface area (Å²) in [6, 6.07) is 3.77. The minimum atomic E-state index is -0.101. The number of nitrogens with zero attached hydrogens (tertiary/aromatic N) is 1. The van der Waals surface area contributed by atoms with E-state index in [1.807, 2.05) is 19.1 Å². The summed E-state index contributed by atoms with van der Waals surface area (Å²) in [4.78, 5) is 24.9. The van der Waals surface area contributed by atoms with Gasteiger partial charge in [-0.2, -0.15) is 0 Å². The second-order valence-electron chi connectivity index (χ2n) is 5.25. The summed E-state index contributed by atoms with van der Waals surface area (Å²) in [5, 5.41) is 4.20. The molecule has 2 amide bonds. The fourth-order valence-corrected chi connectivity index (χ4v) is 2.12. The molecule has 0 aliphatic heterocycles. The summed E-state index contributed by atoms with van der Waals surface area (Å²) in [5.74, 6) is 1.17. The van der Waals surface area contributed by atoms with E-state index in [4.69, 9.17) is 9.47 Å². The SMILES string of the molecule is CNC(=O)C[NH2+]CC(=O)N(C)Cc1cc(OC)c(OC)cc1C. The van der Waals surface area contributed by atoms with Gasteiger partial charge in [0.25, 0.3) is 11.8 Å².